The van der Waals surface area contributed by atoms with Gasteiger partial charge in [-0.3, -0.25) is 14.6 Å². The molecule has 226 valence electrons. The first-order valence-electron chi connectivity index (χ1n) is 15.0. The van der Waals surface area contributed by atoms with Crippen molar-refractivity contribution in [3.05, 3.63) is 125 Å². The number of aromatic nitrogens is 5. The molecule has 0 radical (unpaired) electrons. The maximum Gasteiger partial charge on any atom is 0.183 e. The maximum atomic E-state index is 15.1. The van der Waals surface area contributed by atoms with Gasteiger partial charge >= 0.3 is 0 Å². The van der Waals surface area contributed by atoms with Crippen LogP contribution < -0.4 is 10.1 Å². The zero-order chi connectivity index (χ0) is 30.8. The molecular formula is C35H31F2N7O. The van der Waals surface area contributed by atoms with Crippen LogP contribution in [0.3, 0.4) is 0 Å². The number of pyridine rings is 1. The van der Waals surface area contributed by atoms with Crippen LogP contribution in [0.15, 0.2) is 91.3 Å². The van der Waals surface area contributed by atoms with E-state index in [0.717, 1.165) is 47.4 Å². The molecule has 0 amide bonds. The molecule has 8 nitrogen and oxygen atoms in total. The third-order valence-electron chi connectivity index (χ3n) is 7.94. The Morgan fingerprint density at radius 1 is 0.889 bits per heavy atom. The second-order valence-corrected chi connectivity index (χ2v) is 11.0. The molecule has 45 heavy (non-hydrogen) atoms. The van der Waals surface area contributed by atoms with E-state index < -0.39 is 11.6 Å². The van der Waals surface area contributed by atoms with Crippen molar-refractivity contribution >= 4 is 22.4 Å². The first-order chi connectivity index (χ1) is 22.1. The Balaban J connectivity index is 1.30. The van der Waals surface area contributed by atoms with E-state index in [4.69, 9.17) is 19.8 Å². The van der Waals surface area contributed by atoms with Gasteiger partial charge in [0.1, 0.15) is 28.9 Å². The Hall–Kier alpha value is -5.22. The lowest BCUT2D eigenvalue weighted by molar-refractivity contribution is 0.241. The van der Waals surface area contributed by atoms with Crippen LogP contribution in [0.4, 0.5) is 20.3 Å². The summed E-state index contributed by atoms with van der Waals surface area (Å²) in [5.74, 6) is -0.0728. The Bertz CT molecular complexity index is 1940. The molecule has 0 fully saturated rings. The van der Waals surface area contributed by atoms with Crippen LogP contribution in [0.25, 0.3) is 22.4 Å². The summed E-state index contributed by atoms with van der Waals surface area (Å²) in [5, 5.41) is 9.12. The van der Waals surface area contributed by atoms with Crippen LogP contribution in [0.5, 0.6) is 5.75 Å². The molecule has 1 aliphatic heterocycles. The van der Waals surface area contributed by atoms with E-state index in [1.54, 1.807) is 24.0 Å². The van der Waals surface area contributed by atoms with E-state index in [0.29, 0.717) is 30.5 Å². The largest absolute Gasteiger partial charge is 0.494 e. The Kier molecular flexibility index (Phi) is 7.87. The van der Waals surface area contributed by atoms with E-state index >= 15 is 8.78 Å². The van der Waals surface area contributed by atoms with E-state index in [1.807, 2.05) is 42.5 Å². The quantitative estimate of drug-likeness (QED) is 0.192. The molecule has 4 heterocycles. The highest BCUT2D eigenvalue weighted by molar-refractivity contribution is 5.92. The van der Waals surface area contributed by atoms with Gasteiger partial charge in [0.15, 0.2) is 5.82 Å². The molecule has 3 aromatic carbocycles. The molecule has 0 unspecified atom stereocenters. The van der Waals surface area contributed by atoms with Crippen LogP contribution in [0.2, 0.25) is 0 Å². The van der Waals surface area contributed by atoms with Crippen LogP contribution in [-0.2, 0) is 26.1 Å². The van der Waals surface area contributed by atoms with Crippen LogP contribution in [0, 0.1) is 11.6 Å². The van der Waals surface area contributed by atoms with E-state index in [1.165, 1.54) is 17.7 Å². The molecule has 10 heteroatoms. The summed E-state index contributed by atoms with van der Waals surface area (Å²) < 4.78 is 37.1. The summed E-state index contributed by atoms with van der Waals surface area (Å²) in [7, 11) is 0. The summed E-state index contributed by atoms with van der Waals surface area (Å²) in [4.78, 5) is 16.6. The SMILES string of the molecule is CCOc1cc(F)c(Cn2nc(-c3nc4c(c(Nc5ccncc5)n3)CCN(Cc3ccccc3)C4)c3ccccc32)c(F)c1. The van der Waals surface area contributed by atoms with Crippen LogP contribution in [0.1, 0.15) is 29.3 Å². The summed E-state index contributed by atoms with van der Waals surface area (Å²) in [6.07, 6.45) is 4.24. The Morgan fingerprint density at radius 2 is 1.64 bits per heavy atom. The fourth-order valence-electron chi connectivity index (χ4n) is 5.79. The lowest BCUT2D eigenvalue weighted by Crippen LogP contribution is -2.31. The molecule has 1 N–H and O–H groups in total. The summed E-state index contributed by atoms with van der Waals surface area (Å²) in [6.45, 7) is 4.29. The van der Waals surface area contributed by atoms with Crippen LogP contribution in [-0.4, -0.2) is 42.8 Å². The molecule has 7 rings (SSSR count). The number of benzene rings is 3. The minimum atomic E-state index is -0.688. The first kappa shape index (κ1) is 28.5. The third kappa shape index (κ3) is 5.97. The minimum absolute atomic E-state index is 0.0961. The molecular weight excluding hydrogens is 572 g/mol. The molecule has 6 aromatic rings. The smallest absolute Gasteiger partial charge is 0.183 e. The van der Waals surface area contributed by atoms with Gasteiger partial charge in [-0.25, -0.2) is 18.7 Å². The molecule has 0 aliphatic carbocycles. The van der Waals surface area contributed by atoms with Crippen molar-refractivity contribution < 1.29 is 13.5 Å². The number of nitrogens with zero attached hydrogens (tertiary/aromatic N) is 6. The molecule has 1 aliphatic rings. The average Bonchev–Trinajstić information content (AvgIpc) is 3.42. The van der Waals surface area contributed by atoms with E-state index in [9.17, 15) is 0 Å². The molecule has 0 saturated carbocycles. The van der Waals surface area contributed by atoms with Gasteiger partial charge in [0.05, 0.1) is 24.4 Å². The van der Waals surface area contributed by atoms with Gasteiger partial charge in [0.2, 0.25) is 0 Å². The van der Waals surface area contributed by atoms with Crippen molar-refractivity contribution in [1.82, 2.24) is 29.6 Å². The number of para-hydroxylation sites is 1. The molecule has 0 atom stereocenters. The fraction of sp³-hybridized carbons (Fsp3) is 0.200. The molecule has 0 saturated heterocycles. The number of hydrogen-bond acceptors (Lipinski definition) is 7. The second-order valence-electron chi connectivity index (χ2n) is 11.0. The highest BCUT2D eigenvalue weighted by Gasteiger charge is 2.25. The normalized spacial score (nSPS) is 13.1. The second kappa shape index (κ2) is 12.4. The lowest BCUT2D eigenvalue weighted by atomic mass is 10.0. The minimum Gasteiger partial charge on any atom is -0.494 e. The van der Waals surface area contributed by atoms with Crippen molar-refractivity contribution in [3.63, 3.8) is 0 Å². The molecule has 0 spiro atoms. The number of halogens is 2. The predicted octanol–water partition coefficient (Wildman–Crippen LogP) is 6.92. The zero-order valence-electron chi connectivity index (χ0n) is 24.8. The van der Waals surface area contributed by atoms with Crippen molar-refractivity contribution in [1.29, 1.82) is 0 Å². The van der Waals surface area contributed by atoms with Crippen molar-refractivity contribution in [2.24, 2.45) is 0 Å². The van der Waals surface area contributed by atoms with E-state index in [2.05, 4.69) is 39.5 Å². The number of fused-ring (bicyclic) bond motifs is 2. The van der Waals surface area contributed by atoms with Crippen molar-refractivity contribution in [2.45, 2.75) is 33.0 Å². The van der Waals surface area contributed by atoms with Crippen molar-refractivity contribution in [3.8, 4) is 17.3 Å². The fourth-order valence-corrected chi connectivity index (χ4v) is 5.79. The number of nitrogens with one attached hydrogen (secondary N) is 1. The van der Waals surface area contributed by atoms with Gasteiger partial charge in [0, 0.05) is 66.4 Å². The number of anilines is 2. The third-order valence-corrected chi connectivity index (χ3v) is 7.94. The van der Waals surface area contributed by atoms with Crippen molar-refractivity contribution in [2.75, 3.05) is 18.5 Å². The standard InChI is InChI=1S/C35H31F2N7O/c1-2-45-25-18-29(36)28(30(37)19-25)21-44-32-11-7-6-10-27(32)33(42-44)35-40-31-22-43(20-23-8-4-3-5-9-23)17-14-26(31)34(41-35)39-24-12-15-38-16-13-24/h3-13,15-16,18-19H,2,14,17,20-22H2,1H3,(H,38,39,40,41). The maximum absolute atomic E-state index is 15.1. The van der Waals surface area contributed by atoms with Gasteiger partial charge in [-0.15, -0.1) is 0 Å². The first-order valence-corrected chi connectivity index (χ1v) is 15.0. The van der Waals surface area contributed by atoms with Crippen LogP contribution >= 0.6 is 0 Å². The lowest BCUT2D eigenvalue weighted by Gasteiger charge is -2.29. The number of rotatable bonds is 9. The molecule has 3 aromatic heterocycles. The highest BCUT2D eigenvalue weighted by atomic mass is 19.1. The number of ether oxygens (including phenoxy) is 1. The summed E-state index contributed by atoms with van der Waals surface area (Å²) in [6, 6.07) is 24.2. The van der Waals surface area contributed by atoms with Gasteiger partial charge in [-0.1, -0.05) is 48.5 Å². The van der Waals surface area contributed by atoms with E-state index in [-0.39, 0.29) is 17.9 Å². The summed E-state index contributed by atoms with van der Waals surface area (Å²) in [5.41, 5.74) is 5.24. The molecule has 0 bridgehead atoms. The average molecular weight is 604 g/mol. The predicted molar refractivity (Wildman–Crippen MR) is 169 cm³/mol. The summed E-state index contributed by atoms with van der Waals surface area (Å²) >= 11 is 0. The number of hydrogen-bond donors (Lipinski definition) is 1. The Morgan fingerprint density at radius 3 is 2.42 bits per heavy atom. The highest BCUT2D eigenvalue weighted by Crippen LogP contribution is 2.33. The van der Waals surface area contributed by atoms with Gasteiger partial charge in [-0.2, -0.15) is 5.10 Å². The Labute approximate surface area is 259 Å². The van der Waals surface area contributed by atoms with Gasteiger partial charge in [0.25, 0.3) is 0 Å². The van der Waals surface area contributed by atoms with Gasteiger partial charge in [-0.05, 0) is 37.1 Å². The zero-order valence-corrected chi connectivity index (χ0v) is 24.8. The van der Waals surface area contributed by atoms with Gasteiger partial charge < -0.3 is 10.1 Å². The monoisotopic (exact) mass is 603 g/mol. The topological polar surface area (TPSA) is 81.0 Å².